The molecule has 0 aliphatic carbocycles. The Morgan fingerprint density at radius 2 is 1.29 bits per heavy atom. The second-order valence-electron chi connectivity index (χ2n) is 2.87. The summed E-state index contributed by atoms with van der Waals surface area (Å²) in [5.41, 5.74) is 1.08. The zero-order valence-corrected chi connectivity index (χ0v) is 9.54. The Balaban J connectivity index is 2.16. The molecule has 2 aromatic rings. The third-order valence-corrected chi connectivity index (χ3v) is 3.60. The third kappa shape index (κ3) is 2.64. The molecule has 0 saturated heterocycles. The molecule has 0 radical (unpaired) electrons. The van der Waals surface area contributed by atoms with E-state index >= 15 is 0 Å². The number of benzene rings is 2. The van der Waals surface area contributed by atoms with E-state index in [1.165, 1.54) is 4.35 Å². The molecule has 0 aliphatic rings. The van der Waals surface area contributed by atoms with Crippen LogP contribution in [-0.2, 0) is 0 Å². The molecular formula is C12H10AsN. The molecule has 0 spiro atoms. The van der Waals surface area contributed by atoms with Gasteiger partial charge in [0.15, 0.2) is 0 Å². The van der Waals surface area contributed by atoms with Crippen molar-refractivity contribution >= 4 is 25.6 Å². The molecular weight excluding hydrogens is 233 g/mol. The standard InChI is InChI=1S/C12H10AsN/c1-3-7-11(8-4-1)13-14-12-9-5-2-6-10-12/h1-10H. The van der Waals surface area contributed by atoms with Crippen LogP contribution in [0.1, 0.15) is 0 Å². The Morgan fingerprint density at radius 1 is 0.714 bits per heavy atom. The summed E-state index contributed by atoms with van der Waals surface area (Å²) in [7, 11) is 0. The van der Waals surface area contributed by atoms with Crippen molar-refractivity contribution in [1.29, 1.82) is 0 Å². The number of hydrogen-bond donors (Lipinski definition) is 0. The van der Waals surface area contributed by atoms with E-state index in [0.29, 0.717) is 0 Å². The predicted molar refractivity (Wildman–Crippen MR) is 60.4 cm³/mol. The van der Waals surface area contributed by atoms with Crippen LogP contribution in [0.4, 0.5) is 5.69 Å². The molecule has 0 amide bonds. The van der Waals surface area contributed by atoms with Gasteiger partial charge in [-0.1, -0.05) is 0 Å². The van der Waals surface area contributed by atoms with Crippen molar-refractivity contribution in [1.82, 2.24) is 0 Å². The van der Waals surface area contributed by atoms with Crippen LogP contribution in [-0.4, -0.2) is 15.6 Å². The van der Waals surface area contributed by atoms with E-state index in [1.807, 2.05) is 36.4 Å². The van der Waals surface area contributed by atoms with Gasteiger partial charge in [-0.2, -0.15) is 0 Å². The first kappa shape index (κ1) is 9.36. The normalized spacial score (nSPS) is 10.6. The van der Waals surface area contributed by atoms with Crippen LogP contribution in [0.5, 0.6) is 0 Å². The summed E-state index contributed by atoms with van der Waals surface area (Å²) in [5, 5.41) is 0. The number of nitrogens with zero attached hydrogens (tertiary/aromatic N) is 1. The SMILES string of the molecule is c1ccc(N=[As]c2ccccc2)cc1. The molecule has 2 rings (SSSR count). The Kier molecular flexibility index (Phi) is 3.26. The van der Waals surface area contributed by atoms with Gasteiger partial charge in [0.2, 0.25) is 0 Å². The molecule has 0 aromatic heterocycles. The minimum atomic E-state index is -0.0819. The molecule has 0 atom stereocenters. The summed E-state index contributed by atoms with van der Waals surface area (Å²) in [6.45, 7) is 0. The van der Waals surface area contributed by atoms with Crippen LogP contribution >= 0.6 is 0 Å². The van der Waals surface area contributed by atoms with Gasteiger partial charge in [-0.05, 0) is 0 Å². The van der Waals surface area contributed by atoms with Crippen molar-refractivity contribution in [3.63, 3.8) is 0 Å². The van der Waals surface area contributed by atoms with Crippen molar-refractivity contribution in [2.45, 2.75) is 0 Å². The predicted octanol–water partition coefficient (Wildman–Crippen LogP) is 2.53. The van der Waals surface area contributed by atoms with Crippen molar-refractivity contribution in [3.05, 3.63) is 60.7 Å². The van der Waals surface area contributed by atoms with Crippen molar-refractivity contribution in [2.75, 3.05) is 0 Å². The van der Waals surface area contributed by atoms with Gasteiger partial charge in [0, 0.05) is 0 Å². The first-order chi connectivity index (χ1) is 6.95. The molecule has 0 N–H and O–H groups in total. The van der Waals surface area contributed by atoms with Gasteiger partial charge in [-0.25, -0.2) is 0 Å². The van der Waals surface area contributed by atoms with Crippen molar-refractivity contribution < 1.29 is 0 Å². The second-order valence-corrected chi connectivity index (χ2v) is 4.79. The number of rotatable bonds is 2. The van der Waals surface area contributed by atoms with Gasteiger partial charge in [0.25, 0.3) is 0 Å². The molecule has 14 heavy (non-hydrogen) atoms. The number of hydrogen-bond acceptors (Lipinski definition) is 1. The first-order valence-corrected chi connectivity index (χ1v) is 6.25. The van der Waals surface area contributed by atoms with Crippen LogP contribution in [0.3, 0.4) is 0 Å². The van der Waals surface area contributed by atoms with Crippen LogP contribution in [0.15, 0.2) is 64.5 Å². The van der Waals surface area contributed by atoms with Gasteiger partial charge in [-0.15, -0.1) is 0 Å². The van der Waals surface area contributed by atoms with E-state index in [1.54, 1.807) is 0 Å². The Labute approximate surface area is 90.3 Å². The van der Waals surface area contributed by atoms with Gasteiger partial charge < -0.3 is 0 Å². The molecule has 0 fully saturated rings. The molecule has 0 heterocycles. The Hall–Kier alpha value is -1.20. The van der Waals surface area contributed by atoms with Gasteiger partial charge in [0.1, 0.15) is 0 Å². The van der Waals surface area contributed by atoms with Crippen LogP contribution in [0, 0.1) is 0 Å². The average molecular weight is 243 g/mol. The van der Waals surface area contributed by atoms with Gasteiger partial charge >= 0.3 is 90.1 Å². The van der Waals surface area contributed by atoms with E-state index in [-0.39, 0.29) is 15.6 Å². The van der Waals surface area contributed by atoms with E-state index < -0.39 is 0 Å². The molecule has 0 saturated carbocycles. The van der Waals surface area contributed by atoms with E-state index in [9.17, 15) is 0 Å². The van der Waals surface area contributed by atoms with Crippen molar-refractivity contribution in [3.8, 4) is 0 Å². The molecule has 68 valence electrons. The monoisotopic (exact) mass is 243 g/mol. The maximum absolute atomic E-state index is 4.57. The summed E-state index contributed by atoms with van der Waals surface area (Å²) >= 11 is -0.0819. The average Bonchev–Trinajstić information content (AvgIpc) is 2.29. The van der Waals surface area contributed by atoms with Gasteiger partial charge in [0.05, 0.1) is 0 Å². The summed E-state index contributed by atoms with van der Waals surface area (Å²) in [5.74, 6) is 0. The summed E-state index contributed by atoms with van der Waals surface area (Å²) in [4.78, 5) is 0. The summed E-state index contributed by atoms with van der Waals surface area (Å²) in [6, 6.07) is 20.5. The van der Waals surface area contributed by atoms with Crippen LogP contribution in [0.25, 0.3) is 0 Å². The minimum absolute atomic E-state index is 0.0819. The fraction of sp³-hybridized carbons (Fsp3) is 0. The Bertz CT molecular complexity index is 367. The van der Waals surface area contributed by atoms with E-state index in [0.717, 1.165) is 5.69 Å². The Morgan fingerprint density at radius 3 is 1.93 bits per heavy atom. The maximum atomic E-state index is 4.57. The molecule has 0 bridgehead atoms. The summed E-state index contributed by atoms with van der Waals surface area (Å²) < 4.78 is 5.91. The first-order valence-electron chi connectivity index (χ1n) is 4.47. The molecule has 2 aromatic carbocycles. The molecule has 1 nitrogen and oxygen atoms in total. The molecule has 0 unspecified atom stereocenters. The van der Waals surface area contributed by atoms with E-state index in [2.05, 4.69) is 28.1 Å². The van der Waals surface area contributed by atoms with Crippen LogP contribution < -0.4 is 4.35 Å². The fourth-order valence-corrected chi connectivity index (χ4v) is 2.51. The zero-order chi connectivity index (χ0) is 9.64. The molecule has 0 aliphatic heterocycles. The van der Waals surface area contributed by atoms with E-state index in [4.69, 9.17) is 0 Å². The third-order valence-electron chi connectivity index (χ3n) is 1.79. The molecule has 2 heteroatoms. The van der Waals surface area contributed by atoms with Crippen molar-refractivity contribution in [2.24, 2.45) is 3.86 Å². The quantitative estimate of drug-likeness (QED) is 0.719. The van der Waals surface area contributed by atoms with Crippen LogP contribution in [0.2, 0.25) is 0 Å². The fourth-order valence-electron chi connectivity index (χ4n) is 1.10. The zero-order valence-electron chi connectivity index (χ0n) is 7.67. The second kappa shape index (κ2) is 4.88. The topological polar surface area (TPSA) is 12.4 Å². The summed E-state index contributed by atoms with van der Waals surface area (Å²) in [6.07, 6.45) is 0. The van der Waals surface area contributed by atoms with Gasteiger partial charge in [-0.3, -0.25) is 0 Å².